The normalized spacial score (nSPS) is 12.0. The quantitative estimate of drug-likeness (QED) is 0.238. The molecule has 3 aromatic carbocycles. The summed E-state index contributed by atoms with van der Waals surface area (Å²) in [6, 6.07) is 19.7. The summed E-state index contributed by atoms with van der Waals surface area (Å²) in [7, 11) is -3.96. The molecule has 0 radical (unpaired) electrons. The van der Waals surface area contributed by atoms with E-state index in [2.05, 4.69) is 5.32 Å². The van der Waals surface area contributed by atoms with Crippen LogP contribution in [0.2, 0.25) is 15.1 Å². The average Bonchev–Trinajstić information content (AvgIpc) is 2.91. The van der Waals surface area contributed by atoms with Crippen molar-refractivity contribution in [1.82, 2.24) is 10.2 Å². The Bertz CT molecular complexity index is 1400. The monoisotopic (exact) mass is 623 g/mol. The van der Waals surface area contributed by atoms with Crippen LogP contribution in [0.15, 0.2) is 72.8 Å². The highest BCUT2D eigenvalue weighted by Gasteiger charge is 2.33. The standard InChI is InChI=1S/C29H32Cl3N3O4S/c1-3-4-16-33-29(37)27(17-21-8-6-5-7-9-21)34(19-22-10-12-23(30)13-11-22)28(36)20-35(40(2,38)39)26-18-24(31)14-15-25(26)32/h5-15,18,27H,3-4,16-17,19-20H2,1-2H3,(H,33,37)/t27-/m0/s1. The van der Waals surface area contributed by atoms with E-state index in [-0.39, 0.29) is 34.6 Å². The molecule has 11 heteroatoms. The molecular weight excluding hydrogens is 593 g/mol. The topological polar surface area (TPSA) is 86.8 Å². The molecule has 0 aliphatic carbocycles. The summed E-state index contributed by atoms with van der Waals surface area (Å²) < 4.78 is 26.7. The van der Waals surface area contributed by atoms with Crippen LogP contribution in [0.1, 0.15) is 30.9 Å². The van der Waals surface area contributed by atoms with Crippen molar-refractivity contribution in [1.29, 1.82) is 0 Å². The number of benzene rings is 3. The molecular formula is C29H32Cl3N3O4S. The smallest absolute Gasteiger partial charge is 0.244 e. The highest BCUT2D eigenvalue weighted by Crippen LogP contribution is 2.31. The first-order chi connectivity index (χ1) is 19.0. The summed E-state index contributed by atoms with van der Waals surface area (Å²) in [6.07, 6.45) is 2.89. The van der Waals surface area contributed by atoms with Gasteiger partial charge in [0.2, 0.25) is 21.8 Å². The first-order valence-electron chi connectivity index (χ1n) is 12.8. The number of nitrogens with one attached hydrogen (secondary N) is 1. The zero-order chi connectivity index (χ0) is 29.3. The number of carbonyl (C=O) groups is 2. The molecule has 3 rings (SSSR count). The molecule has 0 fully saturated rings. The van der Waals surface area contributed by atoms with Crippen LogP contribution in [0.25, 0.3) is 0 Å². The van der Waals surface area contributed by atoms with Crippen LogP contribution in [-0.4, -0.2) is 50.5 Å². The van der Waals surface area contributed by atoms with Crippen molar-refractivity contribution in [2.24, 2.45) is 0 Å². The second-order valence-electron chi connectivity index (χ2n) is 9.36. The fraction of sp³-hybridized carbons (Fsp3) is 0.310. The van der Waals surface area contributed by atoms with Crippen molar-refractivity contribution in [3.05, 3.63) is 99.0 Å². The minimum absolute atomic E-state index is 0.0512. The van der Waals surface area contributed by atoms with Crippen LogP contribution < -0.4 is 9.62 Å². The second-order valence-corrected chi connectivity index (χ2v) is 12.6. The van der Waals surface area contributed by atoms with Crippen LogP contribution in [-0.2, 0) is 32.6 Å². The zero-order valence-corrected chi connectivity index (χ0v) is 25.4. The lowest BCUT2D eigenvalue weighted by molar-refractivity contribution is -0.140. The summed E-state index contributed by atoms with van der Waals surface area (Å²) in [6.45, 7) is 1.94. The number of carbonyl (C=O) groups excluding carboxylic acids is 2. The summed E-state index contributed by atoms with van der Waals surface area (Å²) in [5.74, 6) is -0.908. The third kappa shape index (κ3) is 9.13. The summed E-state index contributed by atoms with van der Waals surface area (Å²) >= 11 is 18.5. The highest BCUT2D eigenvalue weighted by atomic mass is 35.5. The molecule has 40 heavy (non-hydrogen) atoms. The Hall–Kier alpha value is -2.78. The number of amides is 2. The first kappa shape index (κ1) is 31.7. The number of halogens is 3. The zero-order valence-electron chi connectivity index (χ0n) is 22.3. The van der Waals surface area contributed by atoms with Gasteiger partial charge >= 0.3 is 0 Å². The van der Waals surface area contributed by atoms with E-state index in [0.29, 0.717) is 11.6 Å². The van der Waals surface area contributed by atoms with Gasteiger partial charge in [-0.05, 0) is 47.9 Å². The van der Waals surface area contributed by atoms with Crippen molar-refractivity contribution in [2.45, 2.75) is 38.8 Å². The molecule has 1 N–H and O–H groups in total. The predicted octanol–water partition coefficient (Wildman–Crippen LogP) is 5.97. The molecule has 2 amide bonds. The molecule has 0 heterocycles. The van der Waals surface area contributed by atoms with Crippen molar-refractivity contribution in [3.8, 4) is 0 Å². The molecule has 0 bridgehead atoms. The lowest BCUT2D eigenvalue weighted by atomic mass is 10.0. The molecule has 0 aliphatic rings. The van der Waals surface area contributed by atoms with Gasteiger partial charge in [0, 0.05) is 29.6 Å². The van der Waals surface area contributed by atoms with Crippen LogP contribution in [0.5, 0.6) is 0 Å². The number of anilines is 1. The summed E-state index contributed by atoms with van der Waals surface area (Å²) in [4.78, 5) is 29.0. The third-order valence-corrected chi connectivity index (χ3v) is 8.16. The Balaban J connectivity index is 2.05. The average molecular weight is 625 g/mol. The van der Waals surface area contributed by atoms with E-state index in [1.165, 1.54) is 23.1 Å². The van der Waals surface area contributed by atoms with E-state index in [4.69, 9.17) is 34.8 Å². The van der Waals surface area contributed by atoms with Gasteiger partial charge in [-0.3, -0.25) is 13.9 Å². The van der Waals surface area contributed by atoms with Gasteiger partial charge in [0.05, 0.1) is 17.0 Å². The van der Waals surface area contributed by atoms with Gasteiger partial charge in [-0.1, -0.05) is 90.6 Å². The summed E-state index contributed by atoms with van der Waals surface area (Å²) in [5.41, 5.74) is 1.65. The van der Waals surface area contributed by atoms with Gasteiger partial charge in [-0.2, -0.15) is 0 Å². The highest BCUT2D eigenvalue weighted by molar-refractivity contribution is 7.92. The van der Waals surface area contributed by atoms with E-state index in [0.717, 1.165) is 34.5 Å². The van der Waals surface area contributed by atoms with E-state index in [1.807, 2.05) is 37.3 Å². The minimum atomic E-state index is -3.96. The third-order valence-electron chi connectivity index (χ3n) is 6.22. The van der Waals surface area contributed by atoms with E-state index >= 15 is 0 Å². The molecule has 0 saturated carbocycles. The molecule has 7 nitrogen and oxygen atoms in total. The van der Waals surface area contributed by atoms with Crippen LogP contribution in [0.4, 0.5) is 5.69 Å². The van der Waals surface area contributed by atoms with Crippen LogP contribution >= 0.6 is 34.8 Å². The van der Waals surface area contributed by atoms with Crippen molar-refractivity contribution in [2.75, 3.05) is 23.7 Å². The Morgan fingerprint density at radius 3 is 2.17 bits per heavy atom. The molecule has 0 unspecified atom stereocenters. The number of unbranched alkanes of at least 4 members (excludes halogenated alkanes) is 1. The van der Waals surface area contributed by atoms with Crippen LogP contribution in [0.3, 0.4) is 0 Å². The van der Waals surface area contributed by atoms with Crippen LogP contribution in [0, 0.1) is 0 Å². The largest absolute Gasteiger partial charge is 0.354 e. The van der Waals surface area contributed by atoms with Gasteiger partial charge in [0.25, 0.3) is 0 Å². The molecule has 3 aromatic rings. The molecule has 0 saturated heterocycles. The lowest BCUT2D eigenvalue weighted by Gasteiger charge is -2.33. The van der Waals surface area contributed by atoms with Gasteiger partial charge in [-0.15, -0.1) is 0 Å². The SMILES string of the molecule is CCCCNC(=O)[C@H](Cc1ccccc1)N(Cc1ccc(Cl)cc1)C(=O)CN(c1cc(Cl)ccc1Cl)S(C)(=O)=O. The summed E-state index contributed by atoms with van der Waals surface area (Å²) in [5, 5.41) is 3.84. The predicted molar refractivity (Wildman–Crippen MR) is 163 cm³/mol. The van der Waals surface area contributed by atoms with Gasteiger partial charge in [0.15, 0.2) is 0 Å². The van der Waals surface area contributed by atoms with Gasteiger partial charge in [-0.25, -0.2) is 8.42 Å². The molecule has 1 atom stereocenters. The number of nitrogens with zero attached hydrogens (tertiary/aromatic N) is 2. The number of rotatable bonds is 13. The molecule has 0 aromatic heterocycles. The van der Waals surface area contributed by atoms with Gasteiger partial charge < -0.3 is 10.2 Å². The Kier molecular flexibility index (Phi) is 11.7. The van der Waals surface area contributed by atoms with Crippen molar-refractivity contribution < 1.29 is 18.0 Å². The number of sulfonamides is 1. The Morgan fingerprint density at radius 1 is 0.900 bits per heavy atom. The lowest BCUT2D eigenvalue weighted by Crippen LogP contribution is -2.53. The van der Waals surface area contributed by atoms with E-state index < -0.39 is 28.5 Å². The first-order valence-corrected chi connectivity index (χ1v) is 15.8. The Morgan fingerprint density at radius 2 is 1.55 bits per heavy atom. The molecule has 0 aliphatic heterocycles. The Labute approximate surface area is 251 Å². The second kappa shape index (κ2) is 14.7. The number of hydrogen-bond acceptors (Lipinski definition) is 4. The number of hydrogen-bond donors (Lipinski definition) is 1. The van der Waals surface area contributed by atoms with E-state index in [1.54, 1.807) is 24.3 Å². The maximum Gasteiger partial charge on any atom is 0.244 e. The molecule has 0 spiro atoms. The maximum absolute atomic E-state index is 14.0. The fourth-order valence-electron chi connectivity index (χ4n) is 4.12. The molecule has 214 valence electrons. The van der Waals surface area contributed by atoms with E-state index in [9.17, 15) is 18.0 Å². The fourth-order valence-corrected chi connectivity index (χ4v) is 5.53. The van der Waals surface area contributed by atoms with Crippen molar-refractivity contribution in [3.63, 3.8) is 0 Å². The van der Waals surface area contributed by atoms with Crippen molar-refractivity contribution >= 4 is 62.3 Å². The maximum atomic E-state index is 14.0. The van der Waals surface area contributed by atoms with Gasteiger partial charge in [0.1, 0.15) is 12.6 Å². The minimum Gasteiger partial charge on any atom is -0.354 e.